The number of allylic oxidation sites excluding steroid dienone is 1. The molecule has 1 spiro atoms. The molecule has 12 heteroatoms. The van der Waals surface area contributed by atoms with Crippen LogP contribution in [-0.2, 0) is 44.1 Å². The molecule has 43 heavy (non-hydrogen) atoms. The number of hydrogen-bond donors (Lipinski definition) is 3. The fourth-order valence-electron chi connectivity index (χ4n) is 10.7. The minimum atomic E-state index is -2.20. The summed E-state index contributed by atoms with van der Waals surface area (Å²) in [7, 11) is -1.78. The highest BCUT2D eigenvalue weighted by Crippen LogP contribution is 2.69. The molecule has 4 heterocycles. The minimum Gasteiger partial charge on any atom is -0.458 e. The van der Waals surface area contributed by atoms with Gasteiger partial charge in [0.15, 0.2) is 4.87 Å². The number of rotatable bonds is 2. The number of fused-ring (bicyclic) bond motifs is 8. The van der Waals surface area contributed by atoms with Gasteiger partial charge < -0.3 is 39.3 Å². The van der Waals surface area contributed by atoms with Crippen LogP contribution in [0.2, 0.25) is 0 Å². The van der Waals surface area contributed by atoms with Crippen molar-refractivity contribution < 1.29 is 47.8 Å². The van der Waals surface area contributed by atoms with Crippen molar-refractivity contribution in [1.29, 1.82) is 0 Å². The Balaban J connectivity index is 1.13. The summed E-state index contributed by atoms with van der Waals surface area (Å²) in [5.41, 5.74) is -0.497. The Bertz CT molecular complexity index is 1400. The average molecular weight is 618 g/mol. The molecule has 0 bridgehead atoms. The van der Waals surface area contributed by atoms with E-state index >= 15 is 0 Å². The average Bonchev–Trinajstić information content (AvgIpc) is 3.59. The first-order valence-electron chi connectivity index (χ1n) is 15.6. The lowest BCUT2D eigenvalue weighted by molar-refractivity contribution is -0.443. The Morgan fingerprint density at radius 3 is 2.60 bits per heavy atom. The molecular weight excluding hydrogens is 578 g/mol. The minimum absolute atomic E-state index is 0.0341. The highest BCUT2D eigenvalue weighted by Gasteiger charge is 2.73. The second-order valence-electron chi connectivity index (χ2n) is 14.4. The predicted octanol–water partition coefficient (Wildman–Crippen LogP) is 1.13. The van der Waals surface area contributed by atoms with Crippen LogP contribution in [0.1, 0.15) is 65.2 Å². The number of aliphatic hydroxyl groups is 2. The van der Waals surface area contributed by atoms with Crippen LogP contribution in [0.3, 0.4) is 0 Å². The monoisotopic (exact) mass is 617 g/mol. The van der Waals surface area contributed by atoms with E-state index in [1.165, 1.54) is 0 Å². The number of aldehydes is 1. The maximum absolute atomic E-state index is 13.3. The summed E-state index contributed by atoms with van der Waals surface area (Å²) in [5.74, 6) is -3.50. The molecule has 1 amide bonds. The number of esters is 1. The Morgan fingerprint density at radius 2 is 1.91 bits per heavy atom. The third kappa shape index (κ3) is 3.48. The van der Waals surface area contributed by atoms with E-state index in [0.29, 0.717) is 32.1 Å². The number of nitrogens with one attached hydrogen (secondary N) is 1. The van der Waals surface area contributed by atoms with Crippen LogP contribution in [0.4, 0.5) is 0 Å². The first-order chi connectivity index (χ1) is 20.4. The normalized spacial score (nSPS) is 55.2. The molecule has 3 saturated heterocycles. The summed E-state index contributed by atoms with van der Waals surface area (Å²) in [5, 5.41) is 27.3. The maximum Gasteiger partial charge on any atom is 0.331 e. The van der Waals surface area contributed by atoms with Gasteiger partial charge in [-0.05, 0) is 75.2 Å². The van der Waals surface area contributed by atoms with Crippen LogP contribution in [0.25, 0.3) is 0 Å². The van der Waals surface area contributed by atoms with Gasteiger partial charge in [0, 0.05) is 17.9 Å². The van der Waals surface area contributed by atoms with Gasteiger partial charge in [0.1, 0.15) is 18.6 Å². The van der Waals surface area contributed by atoms with Crippen molar-refractivity contribution in [2.24, 2.45) is 28.6 Å². The van der Waals surface area contributed by atoms with Gasteiger partial charge >= 0.3 is 5.97 Å². The zero-order valence-electron chi connectivity index (χ0n) is 24.4. The number of carbonyl (C=O) groups excluding carboxylic acids is 3. The second-order valence-corrected chi connectivity index (χ2v) is 16.1. The van der Waals surface area contributed by atoms with Crippen molar-refractivity contribution in [3.63, 3.8) is 0 Å². The molecule has 0 aromatic heterocycles. The maximum atomic E-state index is 13.3. The van der Waals surface area contributed by atoms with Crippen LogP contribution in [0.5, 0.6) is 0 Å². The Morgan fingerprint density at radius 1 is 1.09 bits per heavy atom. The van der Waals surface area contributed by atoms with Gasteiger partial charge in [0.05, 0.1) is 40.1 Å². The molecule has 6 fully saturated rings. The predicted molar refractivity (Wildman–Crippen MR) is 149 cm³/mol. The van der Waals surface area contributed by atoms with E-state index < -0.39 is 68.4 Å². The Labute approximate surface area is 252 Å². The first-order valence-corrected chi connectivity index (χ1v) is 16.9. The molecule has 234 valence electrons. The summed E-state index contributed by atoms with van der Waals surface area (Å²) in [6, 6.07) is 0. The van der Waals surface area contributed by atoms with Gasteiger partial charge in [-0.25, -0.2) is 4.79 Å². The van der Waals surface area contributed by atoms with Gasteiger partial charge in [-0.2, -0.15) is 0 Å². The summed E-state index contributed by atoms with van der Waals surface area (Å²) < 4.78 is 37.4. The van der Waals surface area contributed by atoms with E-state index in [-0.39, 0.29) is 48.9 Å². The van der Waals surface area contributed by atoms with Crippen molar-refractivity contribution >= 4 is 29.0 Å². The summed E-state index contributed by atoms with van der Waals surface area (Å²) in [6.07, 6.45) is 5.88. The number of ether oxygens (including phenoxy) is 4. The molecule has 8 aliphatic rings. The fraction of sp³-hybridized carbons (Fsp3) is 0.774. The zero-order chi connectivity index (χ0) is 30.2. The van der Waals surface area contributed by atoms with Gasteiger partial charge in [-0.1, -0.05) is 18.6 Å². The van der Waals surface area contributed by atoms with Crippen LogP contribution in [0, 0.1) is 28.6 Å². The van der Waals surface area contributed by atoms with Crippen molar-refractivity contribution in [2.45, 2.75) is 106 Å². The van der Waals surface area contributed by atoms with E-state index in [1.807, 2.05) is 0 Å². The summed E-state index contributed by atoms with van der Waals surface area (Å²) >= 11 is 0. The largest absolute Gasteiger partial charge is 0.458 e. The molecule has 13 atom stereocenters. The topological polar surface area (TPSA) is 158 Å². The molecule has 3 saturated carbocycles. The van der Waals surface area contributed by atoms with Crippen molar-refractivity contribution in [1.82, 2.24) is 5.32 Å². The lowest BCUT2D eigenvalue weighted by Gasteiger charge is -2.63. The van der Waals surface area contributed by atoms with Crippen LogP contribution in [0.15, 0.2) is 23.3 Å². The second kappa shape index (κ2) is 9.07. The number of hydrogen-bond acceptors (Lipinski definition) is 10. The lowest BCUT2D eigenvalue weighted by Crippen LogP contribution is -2.78. The molecule has 13 unspecified atom stereocenters. The molecular formula is C31H39NO10S. The Kier molecular flexibility index (Phi) is 6.01. The fourth-order valence-corrected chi connectivity index (χ4v) is 12.3. The molecule has 3 N–H and O–H groups in total. The van der Waals surface area contributed by atoms with Crippen LogP contribution < -0.4 is 5.32 Å². The van der Waals surface area contributed by atoms with Gasteiger partial charge in [-0.3, -0.25) is 9.00 Å². The Hall–Kier alpha value is -1.96. The highest BCUT2D eigenvalue weighted by atomic mass is 32.2. The number of amides is 1. The molecule has 0 aromatic carbocycles. The molecule has 0 radical (unpaired) electrons. The van der Waals surface area contributed by atoms with Crippen molar-refractivity contribution in [3.8, 4) is 0 Å². The quantitative estimate of drug-likeness (QED) is 0.233. The van der Waals surface area contributed by atoms with E-state index in [0.717, 1.165) is 23.9 Å². The van der Waals surface area contributed by atoms with Crippen molar-refractivity contribution in [2.75, 3.05) is 12.4 Å². The third-order valence-corrected chi connectivity index (χ3v) is 14.6. The van der Waals surface area contributed by atoms with Gasteiger partial charge in [-0.15, -0.1) is 0 Å². The highest BCUT2D eigenvalue weighted by molar-refractivity contribution is 7.87. The van der Waals surface area contributed by atoms with Gasteiger partial charge in [0.2, 0.25) is 12.2 Å². The molecule has 4 aliphatic carbocycles. The van der Waals surface area contributed by atoms with Gasteiger partial charge in [0.25, 0.3) is 5.79 Å². The summed E-state index contributed by atoms with van der Waals surface area (Å²) in [6.45, 7) is 4.18. The first kappa shape index (κ1) is 28.5. The zero-order valence-corrected chi connectivity index (χ0v) is 25.2. The molecule has 8 rings (SSSR count). The lowest BCUT2D eigenvalue weighted by atomic mass is 9.45. The third-order valence-electron chi connectivity index (χ3n) is 12.7. The van der Waals surface area contributed by atoms with E-state index in [4.69, 9.17) is 18.9 Å². The summed E-state index contributed by atoms with van der Waals surface area (Å²) in [4.78, 5) is 36.0. The SMILES string of the molecule is CC1CC2(NC(=O)CS2=O)C2(O)OC3CC4(C=O)C(=CCC5C4CCC4(C)C(C6=CC(=O)OC6)CCC54O)CC3OC2O1. The van der Waals surface area contributed by atoms with Crippen LogP contribution >= 0.6 is 0 Å². The smallest absolute Gasteiger partial charge is 0.331 e. The molecule has 0 aromatic rings. The number of cyclic esters (lactones) is 1. The van der Waals surface area contributed by atoms with Crippen LogP contribution in [-0.4, -0.2) is 85.8 Å². The standard InChI is InChI=1S/C31H39NO10S/c1-16-11-30(32-24(34)14-43(30)38)31(37)26(40-16)41-22-10-18-3-4-21-20(28(18,15-33)12-23(22)42-31)5-7-27(2)19(6-8-29(21,27)36)17-9-25(35)39-13-17/h3,9,15-16,19-23,26,36-37H,4-8,10-14H2,1-2H3,(H,32,34). The molecule has 11 nitrogen and oxygen atoms in total. The molecule has 4 aliphatic heterocycles. The van der Waals surface area contributed by atoms with Crippen molar-refractivity contribution in [3.05, 3.63) is 23.3 Å². The number of carbonyl (C=O) groups is 3. The van der Waals surface area contributed by atoms with E-state index in [2.05, 4.69) is 18.3 Å². The van der Waals surface area contributed by atoms with E-state index in [9.17, 15) is 28.8 Å². The van der Waals surface area contributed by atoms with E-state index in [1.54, 1.807) is 13.0 Å².